The van der Waals surface area contributed by atoms with Crippen LogP contribution in [0, 0.1) is 5.92 Å². The van der Waals surface area contributed by atoms with Crippen molar-refractivity contribution in [3.8, 4) is 0 Å². The zero-order valence-electron chi connectivity index (χ0n) is 12.2. The second-order valence-electron chi connectivity index (χ2n) is 5.70. The lowest BCUT2D eigenvalue weighted by Crippen LogP contribution is -2.48. The lowest BCUT2D eigenvalue weighted by Gasteiger charge is -2.28. The molecule has 0 saturated carbocycles. The maximum atomic E-state index is 12.5. The van der Waals surface area contributed by atoms with Crippen LogP contribution in [0.15, 0.2) is 0 Å². The Bertz CT molecular complexity index is 562. The number of ether oxygens (including phenoxy) is 1. The molecule has 0 bridgehead atoms. The van der Waals surface area contributed by atoms with Gasteiger partial charge in [-0.2, -0.15) is 0 Å². The van der Waals surface area contributed by atoms with Crippen molar-refractivity contribution >= 4 is 11.8 Å². The molecule has 2 amide bonds. The Kier molecular flexibility index (Phi) is 3.62. The van der Waals surface area contributed by atoms with E-state index in [9.17, 15) is 9.59 Å². The number of carbonyl (C=O) groups excluding carboxylic acids is 2. The molecule has 2 aliphatic heterocycles. The van der Waals surface area contributed by atoms with Crippen molar-refractivity contribution in [3.05, 3.63) is 11.4 Å². The minimum absolute atomic E-state index is 0.0121. The number of rotatable bonds is 2. The molecule has 1 aromatic rings. The van der Waals surface area contributed by atoms with Crippen LogP contribution in [0.1, 0.15) is 34.8 Å². The van der Waals surface area contributed by atoms with Crippen LogP contribution in [0.3, 0.4) is 0 Å². The lowest BCUT2D eigenvalue weighted by atomic mass is 10.0. The van der Waals surface area contributed by atoms with E-state index in [0.29, 0.717) is 38.8 Å². The highest BCUT2D eigenvalue weighted by Crippen LogP contribution is 2.17. The molecule has 21 heavy (non-hydrogen) atoms. The summed E-state index contributed by atoms with van der Waals surface area (Å²) in [6.45, 7) is 6.66. The molecule has 0 spiro atoms. The molecule has 114 valence electrons. The Labute approximate surface area is 122 Å². The molecule has 2 aliphatic rings. The first kappa shape index (κ1) is 14.0. The number of morpholine rings is 1. The molecule has 3 rings (SSSR count). The minimum Gasteiger partial charge on any atom is -0.378 e. The number of hydrogen-bond donors (Lipinski definition) is 1. The lowest BCUT2D eigenvalue weighted by molar-refractivity contribution is 0.0297. The quantitative estimate of drug-likeness (QED) is 0.795. The Hall–Kier alpha value is -1.96. The standard InChI is InChI=1S/C13H19N5O3/c1-8(2)9-7-18-11(12(19)14-9)10(15-16-18)13(20)17-3-5-21-6-4-17/h8-9H,3-7H2,1-2H3,(H,14,19)/t9-/m1/s1. The molecule has 0 radical (unpaired) electrons. The zero-order valence-corrected chi connectivity index (χ0v) is 12.2. The van der Waals surface area contributed by atoms with Gasteiger partial charge in [0.15, 0.2) is 11.4 Å². The Balaban J connectivity index is 1.86. The van der Waals surface area contributed by atoms with Crippen LogP contribution in [0.5, 0.6) is 0 Å². The average Bonchev–Trinajstić information content (AvgIpc) is 2.91. The zero-order chi connectivity index (χ0) is 15.0. The minimum atomic E-state index is -0.276. The summed E-state index contributed by atoms with van der Waals surface area (Å²) >= 11 is 0. The van der Waals surface area contributed by atoms with Crippen LogP contribution in [-0.2, 0) is 11.3 Å². The smallest absolute Gasteiger partial charge is 0.277 e. The normalized spacial score (nSPS) is 22.1. The Morgan fingerprint density at radius 1 is 1.38 bits per heavy atom. The van der Waals surface area contributed by atoms with Crippen LogP contribution in [0.2, 0.25) is 0 Å². The SMILES string of the molecule is CC(C)[C@H]1Cn2nnc(C(=O)N3CCOCC3)c2C(=O)N1. The summed E-state index contributed by atoms with van der Waals surface area (Å²) in [5, 5.41) is 10.8. The molecule has 0 aromatic carbocycles. The summed E-state index contributed by atoms with van der Waals surface area (Å²) in [4.78, 5) is 26.4. The molecule has 1 saturated heterocycles. The van der Waals surface area contributed by atoms with Crippen LogP contribution >= 0.6 is 0 Å². The van der Waals surface area contributed by atoms with E-state index in [0.717, 1.165) is 0 Å². The highest BCUT2D eigenvalue weighted by atomic mass is 16.5. The van der Waals surface area contributed by atoms with Gasteiger partial charge in [0.25, 0.3) is 11.8 Å². The van der Waals surface area contributed by atoms with Crippen LogP contribution in [-0.4, -0.2) is 64.1 Å². The van der Waals surface area contributed by atoms with E-state index in [4.69, 9.17) is 4.74 Å². The van der Waals surface area contributed by atoms with Gasteiger partial charge < -0.3 is 15.0 Å². The van der Waals surface area contributed by atoms with Crippen LogP contribution < -0.4 is 5.32 Å². The number of carbonyl (C=O) groups is 2. The predicted molar refractivity (Wildman–Crippen MR) is 72.8 cm³/mol. The number of nitrogens with one attached hydrogen (secondary N) is 1. The van der Waals surface area contributed by atoms with E-state index < -0.39 is 0 Å². The van der Waals surface area contributed by atoms with Gasteiger partial charge in [0.2, 0.25) is 0 Å². The molecule has 3 heterocycles. The number of aromatic nitrogens is 3. The second kappa shape index (κ2) is 5.44. The van der Waals surface area contributed by atoms with Gasteiger partial charge in [-0.05, 0) is 5.92 Å². The van der Waals surface area contributed by atoms with Crippen molar-refractivity contribution in [2.24, 2.45) is 5.92 Å². The summed E-state index contributed by atoms with van der Waals surface area (Å²) in [6, 6.07) is 0.0121. The summed E-state index contributed by atoms with van der Waals surface area (Å²) in [5.41, 5.74) is 0.403. The summed E-state index contributed by atoms with van der Waals surface area (Å²) < 4.78 is 6.77. The van der Waals surface area contributed by atoms with Crippen molar-refractivity contribution in [1.29, 1.82) is 0 Å². The maximum Gasteiger partial charge on any atom is 0.277 e. The van der Waals surface area contributed by atoms with E-state index in [1.165, 1.54) is 4.68 Å². The number of nitrogens with zero attached hydrogens (tertiary/aromatic N) is 4. The van der Waals surface area contributed by atoms with Crippen molar-refractivity contribution in [1.82, 2.24) is 25.2 Å². The fraction of sp³-hybridized carbons (Fsp3) is 0.692. The van der Waals surface area contributed by atoms with Crippen molar-refractivity contribution < 1.29 is 14.3 Å². The van der Waals surface area contributed by atoms with Gasteiger partial charge in [-0.15, -0.1) is 5.10 Å². The van der Waals surface area contributed by atoms with E-state index in [1.54, 1.807) is 4.90 Å². The van der Waals surface area contributed by atoms with Gasteiger partial charge in [0, 0.05) is 13.1 Å². The Morgan fingerprint density at radius 2 is 2.10 bits per heavy atom. The largest absolute Gasteiger partial charge is 0.378 e. The summed E-state index contributed by atoms with van der Waals surface area (Å²) in [6.07, 6.45) is 0. The number of fused-ring (bicyclic) bond motifs is 1. The summed E-state index contributed by atoms with van der Waals surface area (Å²) in [7, 11) is 0. The third kappa shape index (κ3) is 2.51. The van der Waals surface area contributed by atoms with Gasteiger partial charge >= 0.3 is 0 Å². The molecule has 1 aromatic heterocycles. The molecule has 1 N–H and O–H groups in total. The van der Waals surface area contributed by atoms with Gasteiger partial charge in [-0.3, -0.25) is 9.59 Å². The Morgan fingerprint density at radius 3 is 2.76 bits per heavy atom. The summed E-state index contributed by atoms with van der Waals surface area (Å²) in [5.74, 6) is -0.232. The topological polar surface area (TPSA) is 89.3 Å². The molecule has 0 unspecified atom stereocenters. The average molecular weight is 293 g/mol. The van der Waals surface area contributed by atoms with Gasteiger partial charge in [-0.1, -0.05) is 19.1 Å². The number of amides is 2. The first-order chi connectivity index (χ1) is 10.1. The molecule has 8 nitrogen and oxygen atoms in total. The van der Waals surface area contributed by atoms with Crippen LogP contribution in [0.4, 0.5) is 0 Å². The van der Waals surface area contributed by atoms with Crippen molar-refractivity contribution in [2.75, 3.05) is 26.3 Å². The molecular weight excluding hydrogens is 274 g/mol. The van der Waals surface area contributed by atoms with Gasteiger partial charge in [0.05, 0.1) is 25.8 Å². The molecule has 1 atom stereocenters. The fourth-order valence-electron chi connectivity index (χ4n) is 2.57. The van der Waals surface area contributed by atoms with Gasteiger partial charge in [0.1, 0.15) is 0 Å². The monoisotopic (exact) mass is 293 g/mol. The fourth-order valence-corrected chi connectivity index (χ4v) is 2.57. The first-order valence-electron chi connectivity index (χ1n) is 7.19. The highest BCUT2D eigenvalue weighted by Gasteiger charge is 2.34. The number of hydrogen-bond acceptors (Lipinski definition) is 5. The van der Waals surface area contributed by atoms with Crippen molar-refractivity contribution in [2.45, 2.75) is 26.4 Å². The van der Waals surface area contributed by atoms with E-state index in [-0.39, 0.29) is 29.2 Å². The third-order valence-corrected chi connectivity index (χ3v) is 3.94. The van der Waals surface area contributed by atoms with E-state index in [1.807, 2.05) is 13.8 Å². The molecule has 8 heteroatoms. The van der Waals surface area contributed by atoms with Gasteiger partial charge in [-0.25, -0.2) is 4.68 Å². The highest BCUT2D eigenvalue weighted by molar-refractivity contribution is 6.05. The first-order valence-corrected chi connectivity index (χ1v) is 7.19. The predicted octanol–water partition coefficient (Wildman–Crippen LogP) is -0.481. The van der Waals surface area contributed by atoms with E-state index >= 15 is 0 Å². The third-order valence-electron chi connectivity index (χ3n) is 3.94. The van der Waals surface area contributed by atoms with E-state index in [2.05, 4.69) is 15.6 Å². The second-order valence-corrected chi connectivity index (χ2v) is 5.70. The van der Waals surface area contributed by atoms with Crippen LogP contribution in [0.25, 0.3) is 0 Å². The molecular formula is C13H19N5O3. The van der Waals surface area contributed by atoms with Crippen molar-refractivity contribution in [3.63, 3.8) is 0 Å². The molecule has 0 aliphatic carbocycles. The maximum absolute atomic E-state index is 12.5. The molecule has 1 fully saturated rings.